The number of methoxy groups -OCH3 is 3. The van der Waals surface area contributed by atoms with Gasteiger partial charge >= 0.3 is 5.97 Å². The van der Waals surface area contributed by atoms with Crippen molar-refractivity contribution in [3.05, 3.63) is 81.9 Å². The van der Waals surface area contributed by atoms with E-state index >= 15 is 0 Å². The monoisotopic (exact) mass is 488 g/mol. The second kappa shape index (κ2) is 8.75. The van der Waals surface area contributed by atoms with E-state index in [1.807, 2.05) is 30.3 Å². The summed E-state index contributed by atoms with van der Waals surface area (Å²) < 4.78 is 28.9. The first-order valence-corrected chi connectivity index (χ1v) is 12.2. The highest BCUT2D eigenvalue weighted by atomic mass is 16.7. The average Bonchev–Trinajstić information content (AvgIpc) is 3.37. The summed E-state index contributed by atoms with van der Waals surface area (Å²) in [7, 11) is 4.81. The van der Waals surface area contributed by atoms with Crippen molar-refractivity contribution in [2.24, 2.45) is 0 Å². The predicted molar refractivity (Wildman–Crippen MR) is 133 cm³/mol. The van der Waals surface area contributed by atoms with Gasteiger partial charge in [0.05, 0.1) is 39.0 Å². The van der Waals surface area contributed by atoms with E-state index in [2.05, 4.69) is 18.2 Å². The van der Waals surface area contributed by atoms with Crippen LogP contribution in [-0.2, 0) is 30.7 Å². The molecule has 3 aliphatic heterocycles. The van der Waals surface area contributed by atoms with Crippen molar-refractivity contribution < 1.29 is 33.0 Å². The lowest BCUT2D eigenvalue weighted by Crippen LogP contribution is -2.56. The Hall–Kier alpha value is -3.71. The van der Waals surface area contributed by atoms with Gasteiger partial charge in [-0.3, -0.25) is 0 Å². The Balaban J connectivity index is 1.52. The molecule has 0 aromatic heterocycles. The standard InChI is InChI=1S/C29H30NO6/c1-32-25-9-8-18-12-24-22-14-27-26(35-17-36-27)13-19(22)10-11-30(24,16-23(18)28(25)33-2)15-20-6-4-5-7-21(20)29(31)34-3/h4-9,13-14,24H,10-12,15-17H2,1-3H3/q+1. The van der Waals surface area contributed by atoms with Crippen LogP contribution in [0.15, 0.2) is 48.5 Å². The summed E-state index contributed by atoms with van der Waals surface area (Å²) in [5, 5.41) is 0. The zero-order chi connectivity index (χ0) is 24.9. The van der Waals surface area contributed by atoms with Crippen LogP contribution >= 0.6 is 0 Å². The maximum absolute atomic E-state index is 12.6. The molecule has 6 rings (SSSR count). The third kappa shape index (κ3) is 3.49. The molecular formula is C29H30NO6+. The van der Waals surface area contributed by atoms with Crippen LogP contribution < -0.4 is 18.9 Å². The molecule has 3 aliphatic rings. The molecule has 0 amide bonds. The topological polar surface area (TPSA) is 63.2 Å². The summed E-state index contributed by atoms with van der Waals surface area (Å²) >= 11 is 0. The van der Waals surface area contributed by atoms with E-state index in [9.17, 15) is 4.79 Å². The molecule has 7 heteroatoms. The molecule has 3 aromatic rings. The van der Waals surface area contributed by atoms with Crippen molar-refractivity contribution in [3.63, 3.8) is 0 Å². The first-order chi connectivity index (χ1) is 17.6. The van der Waals surface area contributed by atoms with Crippen LogP contribution in [-0.4, -0.2) is 45.1 Å². The van der Waals surface area contributed by atoms with Crippen LogP contribution in [0, 0.1) is 0 Å². The molecule has 0 bridgehead atoms. The Morgan fingerprint density at radius 2 is 1.81 bits per heavy atom. The molecule has 3 heterocycles. The van der Waals surface area contributed by atoms with Gasteiger partial charge in [-0.15, -0.1) is 0 Å². The smallest absolute Gasteiger partial charge is 0.338 e. The van der Waals surface area contributed by atoms with E-state index < -0.39 is 0 Å². The Labute approximate surface area is 210 Å². The lowest BCUT2D eigenvalue weighted by Gasteiger charge is -2.51. The highest BCUT2D eigenvalue weighted by molar-refractivity contribution is 5.90. The van der Waals surface area contributed by atoms with Gasteiger partial charge in [0.2, 0.25) is 6.79 Å². The third-order valence-corrected chi connectivity index (χ3v) is 8.02. The zero-order valence-electron chi connectivity index (χ0n) is 20.8. The van der Waals surface area contributed by atoms with Crippen molar-refractivity contribution in [1.82, 2.24) is 0 Å². The van der Waals surface area contributed by atoms with E-state index in [1.54, 1.807) is 14.2 Å². The molecule has 0 radical (unpaired) electrons. The molecule has 0 N–H and O–H groups in total. The fraction of sp³-hybridized carbons (Fsp3) is 0.345. The molecule has 0 spiro atoms. The average molecular weight is 489 g/mol. The minimum atomic E-state index is -0.308. The van der Waals surface area contributed by atoms with Gasteiger partial charge in [-0.2, -0.15) is 0 Å². The van der Waals surface area contributed by atoms with Crippen molar-refractivity contribution in [3.8, 4) is 23.0 Å². The Morgan fingerprint density at radius 1 is 1.00 bits per heavy atom. The van der Waals surface area contributed by atoms with E-state index in [-0.39, 0.29) is 18.8 Å². The maximum Gasteiger partial charge on any atom is 0.338 e. The molecule has 2 unspecified atom stereocenters. The third-order valence-electron chi connectivity index (χ3n) is 8.02. The number of quaternary nitrogens is 1. The van der Waals surface area contributed by atoms with Gasteiger partial charge in [-0.05, 0) is 35.4 Å². The van der Waals surface area contributed by atoms with Gasteiger partial charge in [-0.1, -0.05) is 24.3 Å². The van der Waals surface area contributed by atoms with Crippen LogP contribution in [0.3, 0.4) is 0 Å². The number of benzene rings is 3. The molecule has 3 aromatic carbocycles. The Kier molecular flexibility index (Phi) is 5.52. The largest absolute Gasteiger partial charge is 0.493 e. The van der Waals surface area contributed by atoms with Crippen molar-refractivity contribution >= 4 is 5.97 Å². The number of fused-ring (bicyclic) bond motifs is 5. The summed E-state index contributed by atoms with van der Waals surface area (Å²) in [6.07, 6.45) is 1.76. The second-order valence-electron chi connectivity index (χ2n) is 9.72. The number of rotatable bonds is 5. The van der Waals surface area contributed by atoms with E-state index in [0.29, 0.717) is 12.1 Å². The summed E-state index contributed by atoms with van der Waals surface area (Å²) in [5.41, 5.74) is 6.64. The zero-order valence-corrected chi connectivity index (χ0v) is 20.8. The highest BCUT2D eigenvalue weighted by Gasteiger charge is 2.48. The van der Waals surface area contributed by atoms with Crippen LogP contribution in [0.25, 0.3) is 0 Å². The number of carbonyl (C=O) groups is 1. The van der Waals surface area contributed by atoms with Gasteiger partial charge in [0.25, 0.3) is 0 Å². The number of carbonyl (C=O) groups excluding carboxylic acids is 1. The van der Waals surface area contributed by atoms with Gasteiger partial charge in [-0.25, -0.2) is 4.79 Å². The molecule has 186 valence electrons. The molecule has 0 fully saturated rings. The van der Waals surface area contributed by atoms with Crippen molar-refractivity contribution in [2.45, 2.75) is 32.0 Å². The van der Waals surface area contributed by atoms with E-state index in [4.69, 9.17) is 23.7 Å². The van der Waals surface area contributed by atoms with Gasteiger partial charge in [0.1, 0.15) is 19.1 Å². The quantitative estimate of drug-likeness (QED) is 0.387. The Morgan fingerprint density at radius 3 is 2.58 bits per heavy atom. The SMILES string of the molecule is COC(=O)c1ccccc1C[N+]12CCc3cc4c(cc3C1Cc1ccc(OC)c(OC)c1C2)OCO4. The normalized spacial score (nSPS) is 21.1. The van der Waals surface area contributed by atoms with Crippen LogP contribution in [0.5, 0.6) is 23.0 Å². The number of hydrogen-bond donors (Lipinski definition) is 0. The first kappa shape index (κ1) is 22.7. The maximum atomic E-state index is 12.6. The van der Waals surface area contributed by atoms with Crippen molar-refractivity contribution in [1.29, 1.82) is 0 Å². The van der Waals surface area contributed by atoms with Crippen molar-refractivity contribution in [2.75, 3.05) is 34.7 Å². The first-order valence-electron chi connectivity index (χ1n) is 12.2. The van der Waals surface area contributed by atoms with Crippen LogP contribution in [0.2, 0.25) is 0 Å². The van der Waals surface area contributed by atoms with Gasteiger partial charge in [0.15, 0.2) is 23.0 Å². The summed E-state index contributed by atoms with van der Waals surface area (Å²) in [6.45, 7) is 2.65. The number of esters is 1. The second-order valence-corrected chi connectivity index (χ2v) is 9.72. The molecule has 0 saturated carbocycles. The minimum absolute atomic E-state index is 0.194. The molecule has 2 atom stereocenters. The van der Waals surface area contributed by atoms with E-state index in [0.717, 1.165) is 59.0 Å². The lowest BCUT2D eigenvalue weighted by molar-refractivity contribution is -0.985. The van der Waals surface area contributed by atoms with E-state index in [1.165, 1.54) is 29.4 Å². The molecule has 0 saturated heterocycles. The number of ether oxygens (including phenoxy) is 5. The molecule has 0 aliphatic carbocycles. The Bertz CT molecular complexity index is 1350. The summed E-state index contributed by atoms with van der Waals surface area (Å²) in [6, 6.07) is 16.5. The fourth-order valence-electron chi connectivity index (χ4n) is 6.28. The molecule has 36 heavy (non-hydrogen) atoms. The number of hydrogen-bond acceptors (Lipinski definition) is 6. The highest BCUT2D eigenvalue weighted by Crippen LogP contribution is 2.51. The van der Waals surface area contributed by atoms with Crippen LogP contribution in [0.1, 0.15) is 44.2 Å². The predicted octanol–water partition coefficient (Wildman–Crippen LogP) is 4.59. The van der Waals surface area contributed by atoms with Crippen LogP contribution in [0.4, 0.5) is 0 Å². The summed E-state index contributed by atoms with van der Waals surface area (Å²) in [5.74, 6) is 2.86. The summed E-state index contributed by atoms with van der Waals surface area (Å²) in [4.78, 5) is 12.6. The molecular weight excluding hydrogens is 458 g/mol. The fourth-order valence-corrected chi connectivity index (χ4v) is 6.28. The number of nitrogens with zero attached hydrogens (tertiary/aromatic N) is 1. The minimum Gasteiger partial charge on any atom is -0.493 e. The lowest BCUT2D eigenvalue weighted by atomic mass is 9.80. The van der Waals surface area contributed by atoms with Gasteiger partial charge < -0.3 is 28.2 Å². The van der Waals surface area contributed by atoms with Gasteiger partial charge in [0, 0.05) is 24.0 Å². The molecule has 7 nitrogen and oxygen atoms in total.